The number of hydrogen-bond acceptors (Lipinski definition) is 3. The van der Waals surface area contributed by atoms with E-state index in [-0.39, 0.29) is 23.1 Å². The Morgan fingerprint density at radius 2 is 1.81 bits per heavy atom. The molecule has 1 aromatic heterocycles. The topological polar surface area (TPSA) is 59.4 Å². The maximum atomic E-state index is 12.6. The van der Waals surface area contributed by atoms with E-state index in [0.717, 1.165) is 12.1 Å². The first-order valence-corrected chi connectivity index (χ1v) is 11.8. The molecule has 26 heavy (non-hydrogen) atoms. The maximum absolute atomic E-state index is 12.6. The summed E-state index contributed by atoms with van der Waals surface area (Å²) in [5.41, 5.74) is 2.55. The fraction of sp³-hybridized carbons (Fsp3) is 0.750. The van der Waals surface area contributed by atoms with E-state index in [4.69, 9.17) is 0 Å². The summed E-state index contributed by atoms with van der Waals surface area (Å²) >= 11 is 0. The second kappa shape index (κ2) is 7.12. The molecule has 2 bridgehead atoms. The van der Waals surface area contributed by atoms with Gasteiger partial charge in [0, 0.05) is 37.3 Å². The molecule has 2 aliphatic heterocycles. The van der Waals surface area contributed by atoms with Gasteiger partial charge in [-0.3, -0.25) is 4.79 Å². The highest BCUT2D eigenvalue weighted by molar-refractivity contribution is 7.89. The maximum Gasteiger partial charge on any atom is 0.250 e. The quantitative estimate of drug-likeness (QED) is 0.809. The van der Waals surface area contributed by atoms with Crippen molar-refractivity contribution in [3.63, 3.8) is 0 Å². The van der Waals surface area contributed by atoms with Gasteiger partial charge in [-0.25, -0.2) is 12.7 Å². The van der Waals surface area contributed by atoms with Crippen LogP contribution in [0.2, 0.25) is 0 Å². The molecule has 0 N–H and O–H groups in total. The smallest absolute Gasteiger partial charge is 0.250 e. The highest BCUT2D eigenvalue weighted by Crippen LogP contribution is 2.42. The summed E-state index contributed by atoms with van der Waals surface area (Å²) in [6.45, 7) is 3.70. The number of pyridine rings is 1. The van der Waals surface area contributed by atoms with E-state index in [1.54, 1.807) is 10.4 Å². The van der Waals surface area contributed by atoms with Gasteiger partial charge in [-0.05, 0) is 43.1 Å². The lowest BCUT2D eigenvalue weighted by atomic mass is 9.77. The number of nitrogens with zero attached hydrogens (tertiary/aromatic N) is 2. The molecule has 6 heteroatoms. The Morgan fingerprint density at radius 1 is 1.04 bits per heavy atom. The number of sulfonamides is 1. The highest BCUT2D eigenvalue weighted by atomic mass is 32.2. The molecule has 3 aliphatic rings. The molecule has 0 spiro atoms. The summed E-state index contributed by atoms with van der Waals surface area (Å²) in [5.74, 6) is 1.18. The van der Waals surface area contributed by atoms with Gasteiger partial charge in [0.05, 0.1) is 5.75 Å². The zero-order valence-electron chi connectivity index (χ0n) is 15.7. The van der Waals surface area contributed by atoms with Gasteiger partial charge in [-0.1, -0.05) is 32.3 Å². The van der Waals surface area contributed by atoms with Crippen molar-refractivity contribution in [3.05, 3.63) is 33.7 Å². The summed E-state index contributed by atoms with van der Waals surface area (Å²) in [7, 11) is -3.18. The van der Waals surface area contributed by atoms with E-state index in [1.165, 1.54) is 37.7 Å². The first-order chi connectivity index (χ1) is 12.5. The summed E-state index contributed by atoms with van der Waals surface area (Å²) in [4.78, 5) is 12.5. The Balaban J connectivity index is 1.72. The van der Waals surface area contributed by atoms with E-state index in [0.29, 0.717) is 32.0 Å². The molecule has 2 atom stereocenters. The van der Waals surface area contributed by atoms with Gasteiger partial charge in [0.2, 0.25) is 10.0 Å². The molecule has 3 heterocycles. The van der Waals surface area contributed by atoms with Crippen LogP contribution in [0.1, 0.15) is 75.0 Å². The van der Waals surface area contributed by atoms with E-state index in [1.807, 2.05) is 17.6 Å². The van der Waals surface area contributed by atoms with Crippen molar-refractivity contribution in [3.8, 4) is 0 Å². The van der Waals surface area contributed by atoms with Crippen molar-refractivity contribution in [1.29, 1.82) is 0 Å². The lowest BCUT2D eigenvalue weighted by Crippen LogP contribution is -2.50. The Labute approximate surface area is 156 Å². The van der Waals surface area contributed by atoms with Crippen molar-refractivity contribution < 1.29 is 8.42 Å². The van der Waals surface area contributed by atoms with Crippen LogP contribution < -0.4 is 5.56 Å². The molecule has 5 nitrogen and oxygen atoms in total. The number of hydrogen-bond donors (Lipinski definition) is 0. The largest absolute Gasteiger partial charge is 0.312 e. The highest BCUT2D eigenvalue weighted by Gasteiger charge is 2.40. The van der Waals surface area contributed by atoms with E-state index < -0.39 is 10.0 Å². The average Bonchev–Trinajstić information content (AvgIpc) is 2.63. The summed E-state index contributed by atoms with van der Waals surface area (Å²) in [5, 5.41) is 0. The molecule has 1 saturated heterocycles. The first-order valence-electron chi connectivity index (χ1n) is 10.2. The first kappa shape index (κ1) is 18.2. The monoisotopic (exact) mass is 378 g/mol. The Kier molecular flexibility index (Phi) is 4.99. The Bertz CT molecular complexity index is 824. The lowest BCUT2D eigenvalue weighted by Gasteiger charge is -2.43. The van der Waals surface area contributed by atoms with Crippen LogP contribution in [-0.2, 0) is 16.6 Å². The third-order valence-corrected chi connectivity index (χ3v) is 8.50. The van der Waals surface area contributed by atoms with Crippen LogP contribution >= 0.6 is 0 Å². The molecule has 1 aliphatic carbocycles. The second-order valence-corrected chi connectivity index (χ2v) is 10.5. The fourth-order valence-electron chi connectivity index (χ4n) is 5.38. The Morgan fingerprint density at radius 3 is 2.54 bits per heavy atom. The van der Waals surface area contributed by atoms with Crippen molar-refractivity contribution >= 4 is 10.0 Å². The third kappa shape index (κ3) is 3.26. The Hall–Kier alpha value is -1.14. The molecule has 4 rings (SSSR count). The van der Waals surface area contributed by atoms with Gasteiger partial charge in [-0.15, -0.1) is 0 Å². The van der Waals surface area contributed by atoms with Crippen LogP contribution in [0.5, 0.6) is 0 Å². The molecule has 0 radical (unpaired) electrons. The summed E-state index contributed by atoms with van der Waals surface area (Å²) in [6, 6.07) is 3.78. The molecule has 0 amide bonds. The van der Waals surface area contributed by atoms with E-state index in [9.17, 15) is 13.2 Å². The molecular formula is C20H30N2O3S. The minimum atomic E-state index is -3.18. The van der Waals surface area contributed by atoms with Gasteiger partial charge >= 0.3 is 0 Å². The molecular weight excluding hydrogens is 348 g/mol. The number of piperidine rings is 1. The number of aromatic nitrogens is 1. The normalized spacial score (nSPS) is 27.3. The van der Waals surface area contributed by atoms with Crippen molar-refractivity contribution in [2.75, 3.05) is 18.8 Å². The van der Waals surface area contributed by atoms with Crippen LogP contribution in [0.15, 0.2) is 16.9 Å². The van der Waals surface area contributed by atoms with Crippen molar-refractivity contribution in [2.45, 2.75) is 70.3 Å². The summed E-state index contributed by atoms with van der Waals surface area (Å²) < 4.78 is 29.0. The van der Waals surface area contributed by atoms with E-state index >= 15 is 0 Å². The zero-order valence-corrected chi connectivity index (χ0v) is 16.5. The van der Waals surface area contributed by atoms with Crippen LogP contribution in [0.4, 0.5) is 0 Å². The van der Waals surface area contributed by atoms with Crippen LogP contribution in [0, 0.1) is 5.92 Å². The predicted molar refractivity (Wildman–Crippen MR) is 103 cm³/mol. The SMILES string of the molecule is CCCS(=O)(=O)N1C[C@@H]2C[C@H](C1)c1c(C3CCCCC3)ccc(=O)n1C2. The second-order valence-electron chi connectivity index (χ2n) is 8.39. The molecule has 1 aromatic rings. The lowest BCUT2D eigenvalue weighted by molar-refractivity contribution is 0.184. The minimum absolute atomic E-state index is 0.0825. The van der Waals surface area contributed by atoms with Gasteiger partial charge in [0.25, 0.3) is 5.56 Å². The van der Waals surface area contributed by atoms with Gasteiger partial charge in [0.1, 0.15) is 0 Å². The molecule has 144 valence electrons. The minimum Gasteiger partial charge on any atom is -0.312 e. The standard InChI is InChI=1S/C20H30N2O3S/c1-2-10-26(24,25)21-12-15-11-17(14-21)20-18(16-6-4-3-5-7-16)8-9-19(23)22(20)13-15/h8-9,15-17H,2-7,10-14H2,1H3/t15-,17+/m0/s1. The third-order valence-electron chi connectivity index (χ3n) is 6.49. The zero-order chi connectivity index (χ0) is 18.3. The average molecular weight is 379 g/mol. The van der Waals surface area contributed by atoms with Crippen molar-refractivity contribution in [2.24, 2.45) is 5.92 Å². The van der Waals surface area contributed by atoms with Crippen molar-refractivity contribution in [1.82, 2.24) is 8.87 Å². The molecule has 0 aromatic carbocycles. The van der Waals surface area contributed by atoms with Gasteiger partial charge < -0.3 is 4.57 Å². The number of fused-ring (bicyclic) bond motifs is 4. The van der Waals surface area contributed by atoms with Gasteiger partial charge in [-0.2, -0.15) is 0 Å². The van der Waals surface area contributed by atoms with Crippen LogP contribution in [0.25, 0.3) is 0 Å². The summed E-state index contributed by atoms with van der Waals surface area (Å²) in [6.07, 6.45) is 7.87. The van der Waals surface area contributed by atoms with Gasteiger partial charge in [0.15, 0.2) is 0 Å². The van der Waals surface area contributed by atoms with E-state index in [2.05, 4.69) is 0 Å². The predicted octanol–water partition coefficient (Wildman–Crippen LogP) is 3.05. The molecule has 0 unspecified atom stereocenters. The number of rotatable bonds is 4. The molecule has 2 fully saturated rings. The van der Waals surface area contributed by atoms with Crippen LogP contribution in [-0.4, -0.2) is 36.1 Å². The van der Waals surface area contributed by atoms with Crippen LogP contribution in [0.3, 0.4) is 0 Å². The molecule has 1 saturated carbocycles. The fourth-order valence-corrected chi connectivity index (χ4v) is 7.00.